The highest BCUT2D eigenvalue weighted by Gasteiger charge is 2.33. The molecule has 184 valence electrons. The number of halogens is 3. The first-order valence-electron chi connectivity index (χ1n) is 9.85. The molecule has 0 aliphatic heterocycles. The Morgan fingerprint density at radius 3 is 2.34 bits per heavy atom. The fourth-order valence-electron chi connectivity index (χ4n) is 3.11. The number of nitro groups is 1. The van der Waals surface area contributed by atoms with Crippen LogP contribution in [0.15, 0.2) is 76.7 Å². The molecule has 0 fully saturated rings. The molecule has 0 aromatic heterocycles. The number of methoxy groups -OCH3 is 1. The molecule has 3 aromatic carbocycles. The Morgan fingerprint density at radius 2 is 1.69 bits per heavy atom. The van der Waals surface area contributed by atoms with Gasteiger partial charge in [0.05, 0.1) is 33.9 Å². The number of hydrogen-bond acceptors (Lipinski definition) is 7. The van der Waals surface area contributed by atoms with Crippen molar-refractivity contribution in [2.45, 2.75) is 18.0 Å². The predicted octanol–water partition coefficient (Wildman–Crippen LogP) is 5.26. The van der Waals surface area contributed by atoms with Crippen molar-refractivity contribution < 1.29 is 31.2 Å². The topological polar surface area (TPSA) is 123 Å². The number of para-hydroxylation sites is 2. The molecule has 0 heterocycles. The molecule has 0 radical (unpaired) electrons. The van der Waals surface area contributed by atoms with Crippen LogP contribution in [0.3, 0.4) is 0 Å². The van der Waals surface area contributed by atoms with E-state index in [4.69, 9.17) is 4.74 Å². The minimum absolute atomic E-state index is 0.0817. The molecule has 0 bridgehead atoms. The summed E-state index contributed by atoms with van der Waals surface area (Å²) >= 11 is 0. The highest BCUT2D eigenvalue weighted by Crippen LogP contribution is 2.33. The van der Waals surface area contributed by atoms with Crippen LogP contribution in [0.4, 0.5) is 30.2 Å². The zero-order valence-electron chi connectivity index (χ0n) is 18.3. The summed E-state index contributed by atoms with van der Waals surface area (Å²) in [4.78, 5) is 10.3. The van der Waals surface area contributed by atoms with Crippen LogP contribution in [0.1, 0.15) is 18.1 Å². The molecular formula is C22H19F3N4O5S. The Labute approximate surface area is 198 Å². The van der Waals surface area contributed by atoms with Gasteiger partial charge < -0.3 is 4.74 Å². The van der Waals surface area contributed by atoms with Crippen LogP contribution in [-0.4, -0.2) is 26.2 Å². The van der Waals surface area contributed by atoms with E-state index in [0.29, 0.717) is 0 Å². The average Bonchev–Trinajstić information content (AvgIpc) is 2.81. The van der Waals surface area contributed by atoms with E-state index in [9.17, 15) is 31.7 Å². The van der Waals surface area contributed by atoms with Crippen molar-refractivity contribution in [1.82, 2.24) is 0 Å². The number of nitrogens with one attached hydrogen (secondary N) is 2. The van der Waals surface area contributed by atoms with Crippen molar-refractivity contribution in [2.75, 3.05) is 17.3 Å². The number of nitrogens with zero attached hydrogens (tertiary/aromatic N) is 2. The Morgan fingerprint density at radius 1 is 1.03 bits per heavy atom. The largest absolute Gasteiger partial charge is 0.495 e. The first kappa shape index (κ1) is 25.5. The van der Waals surface area contributed by atoms with Gasteiger partial charge >= 0.3 is 6.18 Å². The van der Waals surface area contributed by atoms with Gasteiger partial charge in [0.2, 0.25) is 0 Å². The molecule has 3 aromatic rings. The smallest absolute Gasteiger partial charge is 0.417 e. The number of alkyl halides is 3. The summed E-state index contributed by atoms with van der Waals surface area (Å²) in [5.74, 6) is 0.243. The van der Waals surface area contributed by atoms with Crippen molar-refractivity contribution in [1.29, 1.82) is 0 Å². The summed E-state index contributed by atoms with van der Waals surface area (Å²) in [5, 5.41) is 15.4. The molecule has 9 nitrogen and oxygen atoms in total. The lowest BCUT2D eigenvalue weighted by Gasteiger charge is -2.13. The second-order valence-electron chi connectivity index (χ2n) is 7.09. The van der Waals surface area contributed by atoms with Gasteiger partial charge in [0, 0.05) is 11.6 Å². The molecule has 0 saturated carbocycles. The van der Waals surface area contributed by atoms with Gasteiger partial charge in [-0.25, -0.2) is 8.42 Å². The molecule has 3 rings (SSSR count). The van der Waals surface area contributed by atoms with E-state index < -0.39 is 37.3 Å². The number of nitro benzene ring substituents is 1. The quantitative estimate of drug-likeness (QED) is 0.243. The van der Waals surface area contributed by atoms with E-state index in [1.165, 1.54) is 44.4 Å². The lowest BCUT2D eigenvalue weighted by Crippen LogP contribution is -2.14. The number of benzene rings is 3. The van der Waals surface area contributed by atoms with Crippen LogP contribution in [0.5, 0.6) is 5.75 Å². The Bertz CT molecular complexity index is 1390. The van der Waals surface area contributed by atoms with Crippen molar-refractivity contribution in [3.63, 3.8) is 0 Å². The van der Waals surface area contributed by atoms with Crippen molar-refractivity contribution >= 4 is 32.8 Å². The maximum atomic E-state index is 13.3. The number of ether oxygens (including phenoxy) is 1. The van der Waals surface area contributed by atoms with Crippen LogP contribution in [0.25, 0.3) is 0 Å². The third-order valence-corrected chi connectivity index (χ3v) is 6.16. The molecule has 0 amide bonds. The van der Waals surface area contributed by atoms with Gasteiger partial charge in [-0.15, -0.1) is 0 Å². The average molecular weight is 508 g/mol. The second kappa shape index (κ2) is 10.0. The first-order chi connectivity index (χ1) is 16.4. The van der Waals surface area contributed by atoms with Gasteiger partial charge in [-0.3, -0.25) is 20.3 Å². The van der Waals surface area contributed by atoms with Gasteiger partial charge in [-0.1, -0.05) is 30.3 Å². The van der Waals surface area contributed by atoms with Gasteiger partial charge in [-0.2, -0.15) is 18.3 Å². The zero-order valence-corrected chi connectivity index (χ0v) is 19.1. The number of anilines is 2. The monoisotopic (exact) mass is 508 g/mol. The fraction of sp³-hybridized carbons (Fsp3) is 0.136. The summed E-state index contributed by atoms with van der Waals surface area (Å²) < 4.78 is 72.8. The molecule has 0 atom stereocenters. The van der Waals surface area contributed by atoms with Gasteiger partial charge in [-0.05, 0) is 37.3 Å². The summed E-state index contributed by atoms with van der Waals surface area (Å²) in [6.07, 6.45) is -4.62. The van der Waals surface area contributed by atoms with Gasteiger partial charge in [0.1, 0.15) is 11.4 Å². The first-order valence-corrected chi connectivity index (χ1v) is 11.3. The fourth-order valence-corrected chi connectivity index (χ4v) is 4.20. The molecular weight excluding hydrogens is 489 g/mol. The highest BCUT2D eigenvalue weighted by molar-refractivity contribution is 7.92. The van der Waals surface area contributed by atoms with Crippen LogP contribution < -0.4 is 14.9 Å². The molecule has 0 aliphatic rings. The lowest BCUT2D eigenvalue weighted by molar-refractivity contribution is -0.384. The van der Waals surface area contributed by atoms with Crippen molar-refractivity contribution in [2.24, 2.45) is 5.10 Å². The van der Waals surface area contributed by atoms with E-state index in [0.717, 1.165) is 24.3 Å². The lowest BCUT2D eigenvalue weighted by atomic mass is 10.0. The molecule has 2 N–H and O–H groups in total. The van der Waals surface area contributed by atoms with Gasteiger partial charge in [0.15, 0.2) is 0 Å². The molecule has 0 unspecified atom stereocenters. The van der Waals surface area contributed by atoms with Crippen LogP contribution in [0.2, 0.25) is 0 Å². The molecule has 0 aliphatic carbocycles. The number of sulfonamides is 1. The van der Waals surface area contributed by atoms with Gasteiger partial charge in [0.25, 0.3) is 15.7 Å². The van der Waals surface area contributed by atoms with Crippen LogP contribution in [-0.2, 0) is 16.2 Å². The maximum absolute atomic E-state index is 13.3. The van der Waals surface area contributed by atoms with E-state index in [1.54, 1.807) is 12.1 Å². The highest BCUT2D eigenvalue weighted by atomic mass is 32.2. The number of hydrazone groups is 1. The summed E-state index contributed by atoms with van der Waals surface area (Å²) in [5.41, 5.74) is 0.423. The van der Waals surface area contributed by atoms with Crippen LogP contribution >= 0.6 is 0 Å². The van der Waals surface area contributed by atoms with E-state index in [1.807, 2.05) is 0 Å². The third kappa shape index (κ3) is 5.87. The maximum Gasteiger partial charge on any atom is 0.417 e. The summed E-state index contributed by atoms with van der Waals surface area (Å²) in [6.45, 7) is 1.30. The minimum Gasteiger partial charge on any atom is -0.495 e. The summed E-state index contributed by atoms with van der Waals surface area (Å²) in [6, 6.07) is 14.0. The van der Waals surface area contributed by atoms with Crippen LogP contribution in [0, 0.1) is 10.1 Å². The summed E-state index contributed by atoms with van der Waals surface area (Å²) in [7, 11) is -2.88. The van der Waals surface area contributed by atoms with Crippen molar-refractivity contribution in [3.8, 4) is 5.75 Å². The predicted molar refractivity (Wildman–Crippen MR) is 124 cm³/mol. The Balaban J connectivity index is 1.93. The number of rotatable bonds is 8. The molecule has 0 spiro atoms. The third-order valence-electron chi connectivity index (χ3n) is 4.79. The SMILES string of the molecule is COc1ccccc1NS(=O)(=O)c1ccc(N/N=C(\C)c2ccccc2C(F)(F)F)c([N+](=O)[O-])c1. The standard InChI is InChI=1S/C22H19F3N4O5S/c1-14(16-7-3-4-8-17(16)22(23,24)25)26-27-18-12-11-15(13-20(18)29(30)31)35(32,33)28-19-9-5-6-10-21(19)34-2/h3-13,27-28H,1-2H3/b26-14+. The number of hydrogen-bond donors (Lipinski definition) is 2. The zero-order chi connectivity index (χ0) is 25.8. The van der Waals surface area contributed by atoms with Crippen molar-refractivity contribution in [3.05, 3.63) is 88.0 Å². The Hall–Kier alpha value is -4.13. The molecule has 13 heteroatoms. The minimum atomic E-state index is -4.62. The normalized spacial score (nSPS) is 12.2. The second-order valence-corrected chi connectivity index (χ2v) is 8.78. The molecule has 0 saturated heterocycles. The van der Waals surface area contributed by atoms with E-state index in [2.05, 4.69) is 15.2 Å². The Kier molecular flexibility index (Phi) is 7.29. The van der Waals surface area contributed by atoms with E-state index in [-0.39, 0.29) is 28.4 Å². The van der Waals surface area contributed by atoms with E-state index >= 15 is 0 Å². The molecule has 35 heavy (non-hydrogen) atoms.